The Bertz CT molecular complexity index is 1370. The third-order valence-electron chi connectivity index (χ3n) is 5.66. The number of para-hydroxylation sites is 2. The number of nitrogens with one attached hydrogen (secondary N) is 3. The quantitative estimate of drug-likeness (QED) is 0.340. The number of nitrogens with zero attached hydrogens (tertiary/aromatic N) is 2. The van der Waals surface area contributed by atoms with Gasteiger partial charge in [0.1, 0.15) is 6.04 Å². The lowest BCUT2D eigenvalue weighted by Crippen LogP contribution is -2.43. The zero-order valence-corrected chi connectivity index (χ0v) is 19.8. The number of aryl methyl sites for hydroxylation is 1. The molecule has 0 fully saturated rings. The molecule has 0 radical (unpaired) electrons. The highest BCUT2D eigenvalue weighted by atomic mass is 16.5. The summed E-state index contributed by atoms with van der Waals surface area (Å²) >= 11 is 0. The van der Waals surface area contributed by atoms with Gasteiger partial charge in [-0.2, -0.15) is 5.10 Å². The molecule has 2 aromatic carbocycles. The minimum Gasteiger partial charge on any atom is -0.454 e. The van der Waals surface area contributed by atoms with Crippen molar-refractivity contribution in [3.63, 3.8) is 0 Å². The number of benzene rings is 2. The van der Waals surface area contributed by atoms with Crippen molar-refractivity contribution >= 4 is 34.4 Å². The standard InChI is InChI=1S/C26H27N5O4/c1-16-25(17(2)31(30-16)20-9-5-4-6-10-20)29-24(33)15-35-26(34)23(28-18(3)32)13-19-14-27-22-12-8-7-11-21(19)22/h4-12,14,23,27H,13,15H2,1-3H3,(H,28,32)(H,29,33)/t23-/m0/s1. The van der Waals surface area contributed by atoms with Gasteiger partial charge in [0.2, 0.25) is 5.91 Å². The minimum atomic E-state index is -0.927. The van der Waals surface area contributed by atoms with Crippen molar-refractivity contribution in [2.24, 2.45) is 0 Å². The van der Waals surface area contributed by atoms with E-state index < -0.39 is 24.5 Å². The Morgan fingerprint density at radius 2 is 1.77 bits per heavy atom. The maximum atomic E-state index is 12.8. The van der Waals surface area contributed by atoms with E-state index in [1.54, 1.807) is 17.8 Å². The van der Waals surface area contributed by atoms with Crippen LogP contribution in [0.2, 0.25) is 0 Å². The number of hydrogen-bond donors (Lipinski definition) is 3. The third kappa shape index (κ3) is 5.40. The first kappa shape index (κ1) is 23.7. The molecule has 2 aromatic heterocycles. The summed E-state index contributed by atoms with van der Waals surface area (Å²) in [7, 11) is 0. The van der Waals surface area contributed by atoms with Gasteiger partial charge in [-0.15, -0.1) is 0 Å². The van der Waals surface area contributed by atoms with Crippen molar-refractivity contribution in [3.05, 3.63) is 77.7 Å². The molecule has 4 rings (SSSR count). The van der Waals surface area contributed by atoms with Gasteiger partial charge in [0, 0.05) is 30.4 Å². The zero-order chi connectivity index (χ0) is 24.9. The number of aromatic nitrogens is 3. The highest BCUT2D eigenvalue weighted by Gasteiger charge is 2.24. The molecule has 3 N–H and O–H groups in total. The first-order chi connectivity index (χ1) is 16.8. The van der Waals surface area contributed by atoms with E-state index in [1.165, 1.54) is 6.92 Å². The summed E-state index contributed by atoms with van der Waals surface area (Å²) in [5.74, 6) is -1.55. The fourth-order valence-electron chi connectivity index (χ4n) is 4.02. The van der Waals surface area contributed by atoms with E-state index in [9.17, 15) is 14.4 Å². The number of rotatable bonds is 8. The number of anilines is 1. The fraction of sp³-hybridized carbons (Fsp3) is 0.231. The van der Waals surface area contributed by atoms with Crippen LogP contribution < -0.4 is 10.6 Å². The molecule has 2 heterocycles. The molecule has 0 spiro atoms. The molecular weight excluding hydrogens is 446 g/mol. The van der Waals surface area contributed by atoms with E-state index in [-0.39, 0.29) is 12.3 Å². The van der Waals surface area contributed by atoms with Crippen molar-refractivity contribution in [3.8, 4) is 5.69 Å². The summed E-state index contributed by atoms with van der Waals surface area (Å²) < 4.78 is 7.01. The first-order valence-corrected chi connectivity index (χ1v) is 11.2. The van der Waals surface area contributed by atoms with Crippen LogP contribution in [0.1, 0.15) is 23.9 Å². The summed E-state index contributed by atoms with van der Waals surface area (Å²) in [5.41, 5.74) is 4.62. The Morgan fingerprint density at radius 1 is 1.06 bits per heavy atom. The van der Waals surface area contributed by atoms with Gasteiger partial charge in [-0.05, 0) is 37.6 Å². The van der Waals surface area contributed by atoms with Crippen molar-refractivity contribution in [2.45, 2.75) is 33.2 Å². The number of aromatic amines is 1. The predicted octanol–water partition coefficient (Wildman–Crippen LogP) is 3.20. The minimum absolute atomic E-state index is 0.228. The van der Waals surface area contributed by atoms with Crippen LogP contribution in [0.15, 0.2) is 60.8 Å². The summed E-state index contributed by atoms with van der Waals surface area (Å²) in [6, 6.07) is 16.3. The number of carbonyl (C=O) groups excluding carboxylic acids is 3. The van der Waals surface area contributed by atoms with Gasteiger partial charge in [-0.3, -0.25) is 9.59 Å². The van der Waals surface area contributed by atoms with Crippen molar-refractivity contribution in [1.82, 2.24) is 20.1 Å². The Hall–Kier alpha value is -4.40. The number of H-pyrrole nitrogens is 1. The van der Waals surface area contributed by atoms with Crippen LogP contribution in [0.5, 0.6) is 0 Å². The molecule has 0 saturated heterocycles. The number of carbonyl (C=O) groups is 3. The van der Waals surface area contributed by atoms with Crippen LogP contribution >= 0.6 is 0 Å². The molecular formula is C26H27N5O4. The lowest BCUT2D eigenvalue weighted by Gasteiger charge is -2.16. The molecule has 0 unspecified atom stereocenters. The smallest absolute Gasteiger partial charge is 0.329 e. The molecule has 180 valence electrons. The number of fused-ring (bicyclic) bond motifs is 1. The summed E-state index contributed by atoms with van der Waals surface area (Å²) in [5, 5.41) is 10.9. The summed E-state index contributed by atoms with van der Waals surface area (Å²) in [6.45, 7) is 4.49. The van der Waals surface area contributed by atoms with E-state index in [2.05, 4.69) is 20.7 Å². The van der Waals surface area contributed by atoms with E-state index in [0.29, 0.717) is 11.4 Å². The second-order valence-electron chi connectivity index (χ2n) is 8.27. The average Bonchev–Trinajstić information content (AvgIpc) is 3.38. The number of esters is 1. The normalized spacial score (nSPS) is 11.7. The number of ether oxygens (including phenoxy) is 1. The van der Waals surface area contributed by atoms with Gasteiger partial charge in [0.25, 0.3) is 5.91 Å². The molecule has 9 heteroatoms. The molecule has 0 aliphatic heterocycles. The molecule has 9 nitrogen and oxygen atoms in total. The van der Waals surface area contributed by atoms with Crippen LogP contribution in [-0.2, 0) is 25.5 Å². The van der Waals surface area contributed by atoms with Crippen molar-refractivity contribution < 1.29 is 19.1 Å². The summed E-state index contributed by atoms with van der Waals surface area (Å²) in [6.07, 6.45) is 2.03. The van der Waals surface area contributed by atoms with Gasteiger partial charge >= 0.3 is 5.97 Å². The van der Waals surface area contributed by atoms with Crippen molar-refractivity contribution in [1.29, 1.82) is 0 Å². The Labute approximate surface area is 202 Å². The van der Waals surface area contributed by atoms with Crippen molar-refractivity contribution in [2.75, 3.05) is 11.9 Å². The summed E-state index contributed by atoms with van der Waals surface area (Å²) in [4.78, 5) is 40.2. The van der Waals surface area contributed by atoms with E-state index >= 15 is 0 Å². The van der Waals surface area contributed by atoms with Crippen LogP contribution in [-0.4, -0.2) is 45.2 Å². The Kier molecular flexibility index (Phi) is 6.96. The lowest BCUT2D eigenvalue weighted by atomic mass is 10.0. The molecule has 2 amide bonds. The van der Waals surface area contributed by atoms with Gasteiger partial charge in [0.05, 0.1) is 22.8 Å². The average molecular weight is 474 g/mol. The third-order valence-corrected chi connectivity index (χ3v) is 5.66. The molecule has 0 bridgehead atoms. The van der Waals surface area contributed by atoms with E-state index in [4.69, 9.17) is 4.74 Å². The zero-order valence-electron chi connectivity index (χ0n) is 19.8. The fourth-order valence-corrected chi connectivity index (χ4v) is 4.02. The second kappa shape index (κ2) is 10.3. The monoisotopic (exact) mass is 473 g/mol. The maximum Gasteiger partial charge on any atom is 0.329 e. The van der Waals surface area contributed by atoms with Crippen LogP contribution in [0.4, 0.5) is 5.69 Å². The SMILES string of the molecule is CC(=O)N[C@@H](Cc1c[nH]c2ccccc12)C(=O)OCC(=O)Nc1c(C)nn(-c2ccccc2)c1C. The Morgan fingerprint density at radius 3 is 2.51 bits per heavy atom. The van der Waals surface area contributed by atoms with Crippen LogP contribution in [0.3, 0.4) is 0 Å². The number of amides is 2. The van der Waals surface area contributed by atoms with Crippen LogP contribution in [0.25, 0.3) is 16.6 Å². The van der Waals surface area contributed by atoms with E-state index in [1.807, 2.05) is 61.5 Å². The predicted molar refractivity (Wildman–Crippen MR) is 132 cm³/mol. The molecule has 35 heavy (non-hydrogen) atoms. The van der Waals surface area contributed by atoms with Gasteiger partial charge in [-0.1, -0.05) is 36.4 Å². The molecule has 0 aliphatic carbocycles. The highest BCUT2D eigenvalue weighted by Crippen LogP contribution is 2.23. The Balaban J connectivity index is 1.41. The lowest BCUT2D eigenvalue weighted by molar-refractivity contribution is -0.150. The van der Waals surface area contributed by atoms with Crippen LogP contribution in [0, 0.1) is 13.8 Å². The molecule has 0 aliphatic rings. The van der Waals surface area contributed by atoms with Gasteiger partial charge in [-0.25, -0.2) is 9.48 Å². The maximum absolute atomic E-state index is 12.8. The van der Waals surface area contributed by atoms with Gasteiger partial charge in [0.15, 0.2) is 6.61 Å². The topological polar surface area (TPSA) is 118 Å². The molecule has 4 aromatic rings. The number of hydrogen-bond acceptors (Lipinski definition) is 5. The van der Waals surface area contributed by atoms with E-state index in [0.717, 1.165) is 27.8 Å². The largest absolute Gasteiger partial charge is 0.454 e. The van der Waals surface area contributed by atoms with Gasteiger partial charge < -0.3 is 20.4 Å². The first-order valence-electron chi connectivity index (χ1n) is 11.2. The molecule has 0 saturated carbocycles. The highest BCUT2D eigenvalue weighted by molar-refractivity contribution is 5.94. The second-order valence-corrected chi connectivity index (χ2v) is 8.27. The molecule has 1 atom stereocenters.